The number of pyridine rings is 1. The summed E-state index contributed by atoms with van der Waals surface area (Å²) < 4.78 is 36.3. The van der Waals surface area contributed by atoms with Gasteiger partial charge < -0.3 is 15.4 Å². The number of aromatic nitrogens is 3. The van der Waals surface area contributed by atoms with Crippen molar-refractivity contribution in [1.82, 2.24) is 20.1 Å². The lowest BCUT2D eigenvalue weighted by atomic mass is 10.1. The zero-order chi connectivity index (χ0) is 28.4. The Morgan fingerprint density at radius 1 is 1.18 bits per heavy atom. The van der Waals surface area contributed by atoms with Crippen molar-refractivity contribution in [2.75, 3.05) is 18.4 Å². The minimum Gasteiger partial charge on any atom is -0.456 e. The minimum atomic E-state index is -1.14. The van der Waals surface area contributed by atoms with Crippen molar-refractivity contribution in [3.63, 3.8) is 0 Å². The maximum absolute atomic E-state index is 15.1. The van der Waals surface area contributed by atoms with Gasteiger partial charge in [0.05, 0.1) is 40.2 Å². The molecule has 5 rings (SSSR count). The molecule has 0 spiro atoms. The molecule has 0 aliphatic carbocycles. The Morgan fingerprint density at radius 2 is 1.95 bits per heavy atom. The lowest BCUT2D eigenvalue weighted by Gasteiger charge is -2.22. The molecule has 10 heteroatoms. The van der Waals surface area contributed by atoms with Crippen molar-refractivity contribution >= 4 is 33.3 Å². The molecule has 2 aromatic carbocycles. The number of amides is 1. The number of rotatable bonds is 7. The van der Waals surface area contributed by atoms with Crippen LogP contribution in [0.25, 0.3) is 10.9 Å². The van der Waals surface area contributed by atoms with E-state index in [1.54, 1.807) is 35.4 Å². The molecule has 0 bridgehead atoms. The van der Waals surface area contributed by atoms with Gasteiger partial charge in [-0.3, -0.25) is 18.7 Å². The summed E-state index contributed by atoms with van der Waals surface area (Å²) in [6.45, 7) is 9.57. The van der Waals surface area contributed by atoms with Crippen LogP contribution in [-0.2, 0) is 27.6 Å². The summed E-state index contributed by atoms with van der Waals surface area (Å²) >= 11 is 0. The molecule has 0 saturated carbocycles. The highest BCUT2D eigenvalue weighted by Gasteiger charge is 2.22. The maximum atomic E-state index is 15.1. The molecule has 1 amide bonds. The highest BCUT2D eigenvalue weighted by molar-refractivity contribution is 7.85. The standard InChI is InChI=1S/C30H34FN5O3S/c1-19-13-20(14-29(37)35-21-17-34-36(18-21)30(2,3)4)25(31)16-28(19)39-27-9-12-33-26-6-5-23(15-24(26)27)40(38)22-7-10-32-11-8-22/h5-6,9,12-13,15-18,22,32H,7-8,10-11,14H2,1-4H3,(H,35,37). The van der Waals surface area contributed by atoms with Gasteiger partial charge in [-0.05, 0) is 95.1 Å². The molecule has 4 aromatic rings. The maximum Gasteiger partial charge on any atom is 0.228 e. The third-order valence-electron chi connectivity index (χ3n) is 6.96. The predicted octanol–water partition coefficient (Wildman–Crippen LogP) is 5.47. The van der Waals surface area contributed by atoms with Gasteiger partial charge in [0, 0.05) is 34.0 Å². The molecule has 3 heterocycles. The number of ether oxygens (including phenoxy) is 1. The number of carbonyl (C=O) groups excluding carboxylic acids is 1. The molecule has 1 atom stereocenters. The van der Waals surface area contributed by atoms with Gasteiger partial charge in [0.15, 0.2) is 0 Å². The molecule has 1 saturated heterocycles. The van der Waals surface area contributed by atoms with E-state index >= 15 is 4.39 Å². The zero-order valence-corrected chi connectivity index (χ0v) is 24.0. The molecule has 2 N–H and O–H groups in total. The monoisotopic (exact) mass is 563 g/mol. The molecule has 0 radical (unpaired) electrons. The summed E-state index contributed by atoms with van der Waals surface area (Å²) in [7, 11) is -1.14. The summed E-state index contributed by atoms with van der Waals surface area (Å²) in [5.74, 6) is -0.0365. The fourth-order valence-corrected chi connectivity index (χ4v) is 6.22. The number of hydrogen-bond acceptors (Lipinski definition) is 6. The number of piperidine rings is 1. The number of fused-ring (bicyclic) bond motifs is 1. The van der Waals surface area contributed by atoms with Crippen LogP contribution in [0.1, 0.15) is 44.7 Å². The average Bonchev–Trinajstić information content (AvgIpc) is 3.40. The van der Waals surface area contributed by atoms with Crippen LogP contribution in [0.3, 0.4) is 0 Å². The van der Waals surface area contributed by atoms with Crippen molar-refractivity contribution in [3.05, 3.63) is 71.9 Å². The van der Waals surface area contributed by atoms with Gasteiger partial charge in [0.2, 0.25) is 5.91 Å². The fraction of sp³-hybridized carbons (Fsp3) is 0.367. The average molecular weight is 564 g/mol. The van der Waals surface area contributed by atoms with E-state index in [-0.39, 0.29) is 28.7 Å². The van der Waals surface area contributed by atoms with Crippen LogP contribution in [0.15, 0.2) is 59.9 Å². The second-order valence-electron chi connectivity index (χ2n) is 11.1. The SMILES string of the molecule is Cc1cc(CC(=O)Nc2cnn(C(C)(C)C)c2)c(F)cc1Oc1ccnc2ccc(S(=O)C3CCNCC3)cc12. The summed E-state index contributed by atoms with van der Waals surface area (Å²) in [5.41, 5.74) is 1.99. The number of nitrogens with one attached hydrogen (secondary N) is 2. The van der Waals surface area contributed by atoms with Crippen molar-refractivity contribution in [2.45, 2.75) is 62.6 Å². The quantitative estimate of drug-likeness (QED) is 0.310. The number of carbonyl (C=O) groups is 1. The lowest BCUT2D eigenvalue weighted by molar-refractivity contribution is -0.115. The Kier molecular flexibility index (Phi) is 8.00. The van der Waals surface area contributed by atoms with Crippen LogP contribution >= 0.6 is 0 Å². The molecular weight excluding hydrogens is 529 g/mol. The van der Waals surface area contributed by atoms with Crippen LogP contribution in [-0.4, -0.2) is 43.2 Å². The molecule has 1 fully saturated rings. The third kappa shape index (κ3) is 6.23. The Labute approximate surface area is 235 Å². The Balaban J connectivity index is 1.33. The number of anilines is 1. The predicted molar refractivity (Wildman–Crippen MR) is 155 cm³/mol. The zero-order valence-electron chi connectivity index (χ0n) is 23.2. The van der Waals surface area contributed by atoms with E-state index in [1.807, 2.05) is 45.9 Å². The molecule has 2 aromatic heterocycles. The molecule has 8 nitrogen and oxygen atoms in total. The van der Waals surface area contributed by atoms with Gasteiger partial charge in [0.1, 0.15) is 17.3 Å². The molecule has 210 valence electrons. The van der Waals surface area contributed by atoms with Crippen LogP contribution in [0, 0.1) is 12.7 Å². The Morgan fingerprint density at radius 3 is 2.67 bits per heavy atom. The van der Waals surface area contributed by atoms with E-state index in [0.29, 0.717) is 33.7 Å². The highest BCUT2D eigenvalue weighted by atomic mass is 32.2. The van der Waals surface area contributed by atoms with Gasteiger partial charge >= 0.3 is 0 Å². The van der Waals surface area contributed by atoms with E-state index in [0.717, 1.165) is 30.8 Å². The van der Waals surface area contributed by atoms with E-state index in [2.05, 4.69) is 20.7 Å². The molecule has 1 aliphatic rings. The van der Waals surface area contributed by atoms with Crippen LogP contribution < -0.4 is 15.4 Å². The summed E-state index contributed by atoms with van der Waals surface area (Å²) in [6.07, 6.45) is 6.57. The van der Waals surface area contributed by atoms with Crippen molar-refractivity contribution in [3.8, 4) is 11.5 Å². The largest absolute Gasteiger partial charge is 0.456 e. The first-order valence-corrected chi connectivity index (χ1v) is 14.6. The number of halogens is 1. The van der Waals surface area contributed by atoms with Gasteiger partial charge in [0.25, 0.3) is 0 Å². The van der Waals surface area contributed by atoms with Gasteiger partial charge in [-0.2, -0.15) is 5.10 Å². The topological polar surface area (TPSA) is 98.1 Å². The normalized spacial score (nSPS) is 15.2. The Bertz CT molecular complexity index is 1570. The van der Waals surface area contributed by atoms with Crippen molar-refractivity contribution < 1.29 is 18.1 Å². The summed E-state index contributed by atoms with van der Waals surface area (Å²) in [4.78, 5) is 17.8. The molecular formula is C30H34FN5O3S. The lowest BCUT2D eigenvalue weighted by Crippen LogP contribution is -2.33. The first-order chi connectivity index (χ1) is 19.1. The van der Waals surface area contributed by atoms with Gasteiger partial charge in [-0.1, -0.05) is 0 Å². The smallest absolute Gasteiger partial charge is 0.228 e. The second kappa shape index (κ2) is 11.5. The minimum absolute atomic E-state index is 0.107. The van der Waals surface area contributed by atoms with E-state index in [1.165, 1.54) is 6.07 Å². The van der Waals surface area contributed by atoms with Crippen LogP contribution in [0.2, 0.25) is 0 Å². The Hall–Kier alpha value is -3.63. The van der Waals surface area contributed by atoms with E-state index in [4.69, 9.17) is 4.74 Å². The van der Waals surface area contributed by atoms with Gasteiger partial charge in [-0.15, -0.1) is 0 Å². The first-order valence-electron chi connectivity index (χ1n) is 13.4. The van der Waals surface area contributed by atoms with Crippen LogP contribution in [0.4, 0.5) is 10.1 Å². The van der Waals surface area contributed by atoms with E-state index in [9.17, 15) is 9.00 Å². The fourth-order valence-electron chi connectivity index (χ4n) is 4.74. The third-order valence-corrected chi connectivity index (χ3v) is 8.76. The van der Waals surface area contributed by atoms with Gasteiger partial charge in [-0.25, -0.2) is 4.39 Å². The summed E-state index contributed by atoms with van der Waals surface area (Å²) in [5, 5.41) is 11.2. The van der Waals surface area contributed by atoms with E-state index < -0.39 is 16.6 Å². The number of benzene rings is 2. The summed E-state index contributed by atoms with van der Waals surface area (Å²) in [6, 6.07) is 10.2. The number of aryl methyl sites for hydroxylation is 1. The molecule has 40 heavy (non-hydrogen) atoms. The number of nitrogens with zero attached hydrogens (tertiary/aromatic N) is 3. The van der Waals surface area contributed by atoms with Crippen molar-refractivity contribution in [2.24, 2.45) is 0 Å². The highest BCUT2D eigenvalue weighted by Crippen LogP contribution is 2.34. The van der Waals surface area contributed by atoms with Crippen molar-refractivity contribution in [1.29, 1.82) is 0 Å². The second-order valence-corrected chi connectivity index (χ2v) is 12.8. The first kappa shape index (κ1) is 27.9. The van der Waals surface area contributed by atoms with Crippen LogP contribution in [0.5, 0.6) is 11.5 Å². The number of hydrogen-bond donors (Lipinski definition) is 2. The molecule has 1 aliphatic heterocycles. The molecule has 1 unspecified atom stereocenters.